The summed E-state index contributed by atoms with van der Waals surface area (Å²) in [6.45, 7) is 7.65. The number of methoxy groups -OCH3 is 1. The maximum Gasteiger partial charge on any atom is 0.404 e. The van der Waals surface area contributed by atoms with Crippen LogP contribution in [0.1, 0.15) is 68.6 Å². The fraction of sp³-hybridized carbons (Fsp3) is 0.405. The molecule has 13 heteroatoms. The Bertz CT molecular complexity index is 2000. The zero-order valence-corrected chi connectivity index (χ0v) is 30.9. The van der Waals surface area contributed by atoms with Gasteiger partial charge in [-0.1, -0.05) is 57.5 Å². The minimum Gasteiger partial charge on any atom is -0.496 e. The molecule has 4 aromatic rings. The highest BCUT2D eigenvalue weighted by atomic mass is 35.5. The van der Waals surface area contributed by atoms with Crippen molar-refractivity contribution in [1.82, 2.24) is 10.2 Å². The number of sulfone groups is 1. The summed E-state index contributed by atoms with van der Waals surface area (Å²) in [6.07, 6.45) is 1.32. The molecule has 50 heavy (non-hydrogen) atoms. The van der Waals surface area contributed by atoms with E-state index in [0.717, 1.165) is 34.6 Å². The summed E-state index contributed by atoms with van der Waals surface area (Å²) >= 11 is 7.44. The number of ether oxygens (including phenoxy) is 1. The van der Waals surface area contributed by atoms with E-state index < -0.39 is 33.5 Å². The second kappa shape index (κ2) is 14.9. The van der Waals surface area contributed by atoms with Gasteiger partial charge < -0.3 is 20.1 Å². The monoisotopic (exact) mass is 746 g/mol. The van der Waals surface area contributed by atoms with Gasteiger partial charge in [0.25, 0.3) is 5.91 Å². The van der Waals surface area contributed by atoms with Gasteiger partial charge in [0.05, 0.1) is 32.9 Å². The van der Waals surface area contributed by atoms with Crippen LogP contribution in [0.5, 0.6) is 5.75 Å². The van der Waals surface area contributed by atoms with Gasteiger partial charge in [-0.3, -0.25) is 4.79 Å². The minimum atomic E-state index is -3.38. The second-order valence-corrected chi connectivity index (χ2v) is 17.4. The molecule has 3 aromatic carbocycles. The highest BCUT2D eigenvalue weighted by molar-refractivity contribution is 7.91. The summed E-state index contributed by atoms with van der Waals surface area (Å²) in [5, 5.41) is 12.0. The van der Waals surface area contributed by atoms with E-state index in [-0.39, 0.29) is 60.6 Å². The van der Waals surface area contributed by atoms with E-state index in [1.54, 1.807) is 42.2 Å². The minimum absolute atomic E-state index is 0.0131. The van der Waals surface area contributed by atoms with Crippen LogP contribution in [0.3, 0.4) is 0 Å². The molecule has 1 aliphatic rings. The van der Waals surface area contributed by atoms with Crippen molar-refractivity contribution in [3.8, 4) is 16.9 Å². The first-order chi connectivity index (χ1) is 23.5. The third-order valence-corrected chi connectivity index (χ3v) is 13.0. The fourth-order valence-corrected chi connectivity index (χ4v) is 9.33. The lowest BCUT2D eigenvalue weighted by molar-refractivity contribution is 0.0543. The standard InChI is InChI=1S/C37H41ClF2N2O6S2/c1-6-50(46,47)26-14-9-21(10-15-26)23-11-18-29(48-5)24(19-23)20-42(25-12-7-22(8-13-25)34(37(2,3)4)41-36(44)45)35(43)33-31(38)30-27(39)16-17-28(40)32(30)49-33/h9-11,14-19,22,25,34,41H,6-8,12-13,20H2,1-5H3,(H,44,45). The molecule has 1 unspecified atom stereocenters. The quantitative estimate of drug-likeness (QED) is 0.167. The van der Waals surface area contributed by atoms with E-state index in [4.69, 9.17) is 16.3 Å². The van der Waals surface area contributed by atoms with E-state index >= 15 is 0 Å². The molecule has 0 aliphatic heterocycles. The van der Waals surface area contributed by atoms with Crippen LogP contribution in [0.2, 0.25) is 5.02 Å². The topological polar surface area (TPSA) is 113 Å². The van der Waals surface area contributed by atoms with Crippen LogP contribution >= 0.6 is 22.9 Å². The molecule has 0 radical (unpaired) electrons. The van der Waals surface area contributed by atoms with E-state index in [1.165, 1.54) is 7.11 Å². The van der Waals surface area contributed by atoms with Gasteiger partial charge >= 0.3 is 6.09 Å². The third kappa shape index (κ3) is 7.77. The first-order valence-electron chi connectivity index (χ1n) is 16.4. The van der Waals surface area contributed by atoms with E-state index in [9.17, 15) is 31.9 Å². The summed E-state index contributed by atoms with van der Waals surface area (Å²) in [7, 11) is -1.85. The average Bonchev–Trinajstić information content (AvgIpc) is 3.45. The molecule has 0 bridgehead atoms. The molecule has 1 atom stereocenters. The highest BCUT2D eigenvalue weighted by Gasteiger charge is 2.39. The van der Waals surface area contributed by atoms with E-state index in [0.29, 0.717) is 37.0 Å². The van der Waals surface area contributed by atoms with Gasteiger partial charge in [-0.2, -0.15) is 0 Å². The van der Waals surface area contributed by atoms with Gasteiger partial charge in [-0.25, -0.2) is 22.0 Å². The summed E-state index contributed by atoms with van der Waals surface area (Å²) in [4.78, 5) is 28.1. The van der Waals surface area contributed by atoms with Crippen molar-refractivity contribution in [3.05, 3.63) is 81.7 Å². The zero-order chi connectivity index (χ0) is 36.5. The molecule has 5 rings (SSSR count). The van der Waals surface area contributed by atoms with Crippen LogP contribution in [0.25, 0.3) is 21.2 Å². The number of carboxylic acid groups (broad SMARTS) is 1. The fourth-order valence-electron chi connectivity index (χ4n) is 6.94. The van der Waals surface area contributed by atoms with Crippen molar-refractivity contribution in [2.75, 3.05) is 12.9 Å². The lowest BCUT2D eigenvalue weighted by Gasteiger charge is -2.43. The van der Waals surface area contributed by atoms with Crippen molar-refractivity contribution >= 4 is 54.9 Å². The molecule has 1 aromatic heterocycles. The molecular formula is C37H41ClF2N2O6S2. The Kier molecular flexibility index (Phi) is 11.1. The number of hydrogen-bond acceptors (Lipinski definition) is 6. The predicted octanol–water partition coefficient (Wildman–Crippen LogP) is 9.19. The van der Waals surface area contributed by atoms with Crippen LogP contribution in [-0.4, -0.2) is 55.4 Å². The van der Waals surface area contributed by atoms with Crippen molar-refractivity contribution in [2.45, 2.75) is 76.9 Å². The van der Waals surface area contributed by atoms with Gasteiger partial charge in [0.2, 0.25) is 0 Å². The van der Waals surface area contributed by atoms with Crippen molar-refractivity contribution in [2.24, 2.45) is 11.3 Å². The average molecular weight is 747 g/mol. The Labute approximate surface area is 300 Å². The largest absolute Gasteiger partial charge is 0.496 e. The van der Waals surface area contributed by atoms with E-state index in [2.05, 4.69) is 5.32 Å². The van der Waals surface area contributed by atoms with Crippen LogP contribution in [0, 0.1) is 23.0 Å². The molecule has 1 aliphatic carbocycles. The highest BCUT2D eigenvalue weighted by Crippen LogP contribution is 2.42. The molecule has 0 saturated heterocycles. The van der Waals surface area contributed by atoms with Crippen LogP contribution in [0.4, 0.5) is 13.6 Å². The normalized spacial score (nSPS) is 17.4. The van der Waals surface area contributed by atoms with Crippen molar-refractivity contribution in [1.29, 1.82) is 0 Å². The number of nitrogens with one attached hydrogen (secondary N) is 1. The number of hydrogen-bond donors (Lipinski definition) is 2. The summed E-state index contributed by atoms with van der Waals surface area (Å²) in [5.74, 6) is -1.33. The molecule has 2 amide bonds. The Morgan fingerprint density at radius 2 is 1.64 bits per heavy atom. The van der Waals surface area contributed by atoms with Gasteiger partial charge in [0.1, 0.15) is 22.3 Å². The number of fused-ring (bicyclic) bond motifs is 1. The van der Waals surface area contributed by atoms with Crippen LogP contribution in [0.15, 0.2) is 59.5 Å². The number of nitrogens with zero attached hydrogens (tertiary/aromatic N) is 1. The molecule has 0 spiro atoms. The lowest BCUT2D eigenvalue weighted by atomic mass is 9.72. The number of halogens is 3. The smallest absolute Gasteiger partial charge is 0.404 e. The summed E-state index contributed by atoms with van der Waals surface area (Å²) < 4.78 is 60.1. The van der Waals surface area contributed by atoms with Crippen molar-refractivity contribution < 1.29 is 36.6 Å². The molecule has 1 fully saturated rings. The first-order valence-corrected chi connectivity index (χ1v) is 19.3. The Morgan fingerprint density at radius 3 is 2.20 bits per heavy atom. The number of carbonyl (C=O) groups is 2. The van der Waals surface area contributed by atoms with Gasteiger partial charge in [-0.05, 0) is 84.5 Å². The summed E-state index contributed by atoms with van der Waals surface area (Å²) in [6, 6.07) is 13.5. The molecule has 8 nitrogen and oxygen atoms in total. The number of amides is 2. The Balaban J connectivity index is 1.53. The Hall–Kier alpha value is -3.74. The lowest BCUT2D eigenvalue weighted by Crippen LogP contribution is -2.50. The number of benzene rings is 3. The van der Waals surface area contributed by atoms with Gasteiger partial charge in [0, 0.05) is 24.2 Å². The first kappa shape index (κ1) is 37.5. The SMILES string of the molecule is CCS(=O)(=O)c1ccc(-c2ccc(OC)c(CN(C(=O)c3sc4c(F)ccc(F)c4c3Cl)C3CCC(C(NC(=O)O)C(C)(C)C)CC3)c2)cc1. The number of rotatable bonds is 10. The predicted molar refractivity (Wildman–Crippen MR) is 193 cm³/mol. The molecule has 268 valence electrons. The third-order valence-electron chi connectivity index (χ3n) is 9.55. The maximum absolute atomic E-state index is 14.9. The van der Waals surface area contributed by atoms with Gasteiger partial charge in [-0.15, -0.1) is 11.3 Å². The Morgan fingerprint density at radius 1 is 1.02 bits per heavy atom. The summed E-state index contributed by atoms with van der Waals surface area (Å²) in [5.41, 5.74) is 1.87. The molecule has 1 heterocycles. The van der Waals surface area contributed by atoms with E-state index in [1.807, 2.05) is 32.9 Å². The number of carbonyl (C=O) groups excluding carboxylic acids is 1. The second-order valence-electron chi connectivity index (χ2n) is 13.7. The van der Waals surface area contributed by atoms with Gasteiger partial charge in [0.15, 0.2) is 9.84 Å². The maximum atomic E-state index is 14.9. The van der Waals surface area contributed by atoms with Crippen molar-refractivity contribution in [3.63, 3.8) is 0 Å². The molecule has 2 N–H and O–H groups in total. The van der Waals surface area contributed by atoms with Crippen LogP contribution in [-0.2, 0) is 16.4 Å². The molecular weight excluding hydrogens is 706 g/mol. The van der Waals surface area contributed by atoms with Crippen LogP contribution < -0.4 is 10.1 Å². The number of thiophene rings is 1. The zero-order valence-electron chi connectivity index (χ0n) is 28.6. The molecule has 1 saturated carbocycles.